The van der Waals surface area contributed by atoms with Gasteiger partial charge in [0.25, 0.3) is 11.8 Å². The van der Waals surface area contributed by atoms with Gasteiger partial charge in [0.05, 0.1) is 24.6 Å². The second-order valence-electron chi connectivity index (χ2n) is 11.0. The van der Waals surface area contributed by atoms with Crippen LogP contribution in [0.2, 0.25) is 0 Å². The molecule has 3 amide bonds. The molecule has 0 aliphatic carbocycles. The van der Waals surface area contributed by atoms with Crippen molar-refractivity contribution in [2.75, 3.05) is 18.6 Å². The van der Waals surface area contributed by atoms with E-state index in [-0.39, 0.29) is 24.2 Å². The number of hydrogen-bond donors (Lipinski definition) is 2. The number of para-hydroxylation sites is 1. The summed E-state index contributed by atoms with van der Waals surface area (Å²) in [5, 5.41) is 10.0. The maximum absolute atomic E-state index is 14.2. The lowest BCUT2D eigenvalue weighted by molar-refractivity contribution is -0.138. The first-order chi connectivity index (χ1) is 22.9. The molecule has 0 fully saturated rings. The molecular formula is C35H32F3N5O5. The minimum Gasteiger partial charge on any atom is -0.466 e. The largest absolute Gasteiger partial charge is 0.466 e. The number of hydrogen-bond acceptors (Lipinski definition) is 6. The Labute approximate surface area is 274 Å². The van der Waals surface area contributed by atoms with Crippen molar-refractivity contribution >= 4 is 29.5 Å². The third-order valence-corrected chi connectivity index (χ3v) is 7.91. The van der Waals surface area contributed by atoms with Crippen LogP contribution in [0.5, 0.6) is 0 Å². The number of aromatic nitrogens is 2. The Kier molecular flexibility index (Phi) is 9.78. The highest BCUT2D eigenvalue weighted by atomic mass is 19.4. The summed E-state index contributed by atoms with van der Waals surface area (Å²) in [5.41, 5.74) is 1.42. The lowest BCUT2D eigenvalue weighted by atomic mass is 9.81. The molecule has 1 aromatic heterocycles. The zero-order valence-electron chi connectivity index (χ0n) is 26.2. The maximum atomic E-state index is 14.2. The molecule has 2 N–H and O–H groups in total. The number of carbonyl (C=O) groups is 4. The van der Waals surface area contributed by atoms with E-state index in [4.69, 9.17) is 0 Å². The molecule has 2 heterocycles. The standard InChI is InChI=1S/C35H32F3N5O5/c1-4-42-32-27(20-40-43(32)26-14-6-5-7-15-26)29(23-11-8-10-22(17-23)19-39-28(44)16-21(2)34(47)48-3)30(33(42)46)41-31(45)24-12-9-13-25(18-24)35(36,37)38/h5-18,20,29-30H,4,19H2,1-3H3,(H,39,44)(H,41,45)/b21-16+/t29-,30+/m1/s1. The first kappa shape index (κ1) is 33.6. The minimum absolute atomic E-state index is 0.0662. The number of benzene rings is 3. The average molecular weight is 660 g/mol. The molecule has 0 unspecified atom stereocenters. The second-order valence-corrected chi connectivity index (χ2v) is 11.0. The van der Waals surface area contributed by atoms with Crippen molar-refractivity contribution in [1.82, 2.24) is 20.4 Å². The van der Waals surface area contributed by atoms with Gasteiger partial charge in [0.1, 0.15) is 11.9 Å². The van der Waals surface area contributed by atoms with Crippen LogP contribution in [0.4, 0.5) is 19.0 Å². The summed E-state index contributed by atoms with van der Waals surface area (Å²) in [5.74, 6) is -2.80. The number of halogens is 3. The zero-order valence-corrected chi connectivity index (χ0v) is 26.2. The lowest BCUT2D eigenvalue weighted by Crippen LogP contribution is -2.55. The molecule has 0 radical (unpaired) electrons. The summed E-state index contributed by atoms with van der Waals surface area (Å²) < 4.78 is 46.6. The van der Waals surface area contributed by atoms with Crippen LogP contribution in [0.25, 0.3) is 5.69 Å². The van der Waals surface area contributed by atoms with E-state index in [1.807, 2.05) is 30.3 Å². The number of ether oxygens (including phenoxy) is 1. The third-order valence-electron chi connectivity index (χ3n) is 7.91. The highest BCUT2D eigenvalue weighted by molar-refractivity contribution is 6.05. The SMILES string of the molecule is CCN1C(=O)[C@@H](NC(=O)c2cccc(C(F)(F)F)c2)[C@H](c2cccc(CNC(=O)/C=C(\C)C(=O)OC)c2)c2cnn(-c3ccccc3)c21. The highest BCUT2D eigenvalue weighted by Gasteiger charge is 2.44. The molecule has 4 aromatic rings. The number of likely N-dealkylation sites (N-methyl/N-ethyl adjacent to an activating group) is 1. The van der Waals surface area contributed by atoms with Gasteiger partial charge in [-0.1, -0.05) is 48.5 Å². The van der Waals surface area contributed by atoms with Crippen molar-refractivity contribution in [3.63, 3.8) is 0 Å². The molecule has 5 rings (SSSR count). The maximum Gasteiger partial charge on any atom is 0.416 e. The first-order valence-corrected chi connectivity index (χ1v) is 15.0. The quantitative estimate of drug-likeness (QED) is 0.194. The van der Waals surface area contributed by atoms with E-state index in [1.54, 1.807) is 42.1 Å². The second kappa shape index (κ2) is 14.0. The van der Waals surface area contributed by atoms with Crippen LogP contribution < -0.4 is 15.5 Å². The summed E-state index contributed by atoms with van der Waals surface area (Å²) >= 11 is 0. The van der Waals surface area contributed by atoms with Crippen LogP contribution in [0.3, 0.4) is 0 Å². The fraction of sp³-hybridized carbons (Fsp3) is 0.229. The molecule has 248 valence electrons. The molecule has 0 saturated heterocycles. The number of nitrogens with zero attached hydrogens (tertiary/aromatic N) is 3. The molecule has 0 spiro atoms. The summed E-state index contributed by atoms with van der Waals surface area (Å²) in [6.07, 6.45) is -1.93. The number of rotatable bonds is 9. The summed E-state index contributed by atoms with van der Waals surface area (Å²) in [6, 6.07) is 19.0. The lowest BCUT2D eigenvalue weighted by Gasteiger charge is -2.38. The Morgan fingerprint density at radius 2 is 1.73 bits per heavy atom. The predicted octanol–water partition coefficient (Wildman–Crippen LogP) is 4.92. The smallest absolute Gasteiger partial charge is 0.416 e. The van der Waals surface area contributed by atoms with E-state index in [1.165, 1.54) is 25.0 Å². The van der Waals surface area contributed by atoms with Crippen LogP contribution in [0.15, 0.2) is 96.7 Å². The number of fused-ring (bicyclic) bond motifs is 1. The van der Waals surface area contributed by atoms with Crippen LogP contribution in [-0.2, 0) is 31.8 Å². The first-order valence-electron chi connectivity index (χ1n) is 15.0. The Hall–Kier alpha value is -5.72. The van der Waals surface area contributed by atoms with Crippen LogP contribution >= 0.6 is 0 Å². The van der Waals surface area contributed by atoms with Crippen LogP contribution in [0, 0.1) is 0 Å². The van der Waals surface area contributed by atoms with Crippen molar-refractivity contribution in [3.8, 4) is 5.69 Å². The van der Waals surface area contributed by atoms with Crippen molar-refractivity contribution in [2.24, 2.45) is 0 Å². The number of carbonyl (C=O) groups excluding carboxylic acids is 4. The van der Waals surface area contributed by atoms with E-state index in [0.29, 0.717) is 28.2 Å². The van der Waals surface area contributed by atoms with Gasteiger partial charge in [0.2, 0.25) is 5.91 Å². The Morgan fingerprint density at radius 1 is 1.00 bits per heavy atom. The molecule has 48 heavy (non-hydrogen) atoms. The minimum atomic E-state index is -4.66. The molecule has 0 bridgehead atoms. The fourth-order valence-corrected chi connectivity index (χ4v) is 5.63. The molecular weight excluding hydrogens is 627 g/mol. The number of methoxy groups -OCH3 is 1. The zero-order chi connectivity index (χ0) is 34.6. The van der Waals surface area contributed by atoms with Gasteiger partial charge in [-0.15, -0.1) is 0 Å². The van der Waals surface area contributed by atoms with E-state index < -0.39 is 47.4 Å². The molecule has 1 aliphatic heterocycles. The van der Waals surface area contributed by atoms with Gasteiger partial charge in [-0.25, -0.2) is 9.48 Å². The Morgan fingerprint density at radius 3 is 2.42 bits per heavy atom. The van der Waals surface area contributed by atoms with Crippen LogP contribution in [-0.4, -0.2) is 53.2 Å². The van der Waals surface area contributed by atoms with Crippen molar-refractivity contribution in [3.05, 3.63) is 125 Å². The topological polar surface area (TPSA) is 123 Å². The number of nitrogens with one attached hydrogen (secondary N) is 2. The Balaban J connectivity index is 1.55. The van der Waals surface area contributed by atoms with E-state index in [9.17, 15) is 32.3 Å². The molecule has 1 aliphatic rings. The van der Waals surface area contributed by atoms with E-state index in [0.717, 1.165) is 24.3 Å². The number of amides is 3. The van der Waals surface area contributed by atoms with Gasteiger partial charge >= 0.3 is 12.1 Å². The van der Waals surface area contributed by atoms with Gasteiger partial charge in [0.15, 0.2) is 0 Å². The fourth-order valence-electron chi connectivity index (χ4n) is 5.63. The van der Waals surface area contributed by atoms with E-state index >= 15 is 0 Å². The Bertz CT molecular complexity index is 1890. The predicted molar refractivity (Wildman–Crippen MR) is 170 cm³/mol. The van der Waals surface area contributed by atoms with Crippen molar-refractivity contribution < 1.29 is 37.1 Å². The third kappa shape index (κ3) is 6.99. The summed E-state index contributed by atoms with van der Waals surface area (Å²) in [6.45, 7) is 3.51. The van der Waals surface area contributed by atoms with Crippen LogP contribution in [0.1, 0.15) is 52.4 Å². The van der Waals surface area contributed by atoms with Crippen molar-refractivity contribution in [1.29, 1.82) is 0 Å². The molecule has 2 atom stereocenters. The highest BCUT2D eigenvalue weighted by Crippen LogP contribution is 2.41. The van der Waals surface area contributed by atoms with Gasteiger partial charge in [-0.3, -0.25) is 19.3 Å². The average Bonchev–Trinajstić information content (AvgIpc) is 3.51. The molecule has 0 saturated carbocycles. The van der Waals surface area contributed by atoms with Gasteiger partial charge < -0.3 is 15.4 Å². The number of alkyl halides is 3. The number of esters is 1. The summed E-state index contributed by atoms with van der Waals surface area (Å²) in [4.78, 5) is 53.4. The van der Waals surface area contributed by atoms with Gasteiger partial charge in [0, 0.05) is 41.8 Å². The number of anilines is 1. The van der Waals surface area contributed by atoms with Crippen molar-refractivity contribution in [2.45, 2.75) is 38.5 Å². The molecule has 10 nitrogen and oxygen atoms in total. The molecule has 13 heteroatoms. The molecule has 3 aromatic carbocycles. The monoisotopic (exact) mass is 659 g/mol. The summed E-state index contributed by atoms with van der Waals surface area (Å²) in [7, 11) is 1.21. The van der Waals surface area contributed by atoms with Gasteiger partial charge in [-0.2, -0.15) is 18.3 Å². The van der Waals surface area contributed by atoms with E-state index in [2.05, 4.69) is 20.5 Å². The van der Waals surface area contributed by atoms with Gasteiger partial charge in [-0.05, 0) is 55.3 Å². The normalized spacial score (nSPS) is 16.2.